The lowest BCUT2D eigenvalue weighted by atomic mass is 9.91. The first kappa shape index (κ1) is 14.4. The molecule has 2 aromatic heterocycles. The zero-order valence-electron chi connectivity index (χ0n) is 13.5. The fourth-order valence-electron chi connectivity index (χ4n) is 3.54. The Balaban J connectivity index is 1.56. The van der Waals surface area contributed by atoms with Gasteiger partial charge in [-0.25, -0.2) is 9.97 Å². The van der Waals surface area contributed by atoms with Crippen LogP contribution in [0.3, 0.4) is 0 Å². The van der Waals surface area contributed by atoms with Gasteiger partial charge in [-0.1, -0.05) is 13.8 Å². The average Bonchev–Trinajstić information content (AvgIpc) is 3.03. The molecule has 1 aliphatic heterocycles. The van der Waals surface area contributed by atoms with E-state index in [1.54, 1.807) is 12.5 Å². The predicted octanol–water partition coefficient (Wildman–Crippen LogP) is 1.92. The molecule has 23 heavy (non-hydrogen) atoms. The van der Waals surface area contributed by atoms with Crippen LogP contribution in [0, 0.1) is 11.8 Å². The van der Waals surface area contributed by atoms with Crippen molar-refractivity contribution in [2.45, 2.75) is 38.5 Å². The number of H-pyrrole nitrogens is 2. The first-order valence-corrected chi connectivity index (χ1v) is 8.33. The molecule has 3 heterocycles. The van der Waals surface area contributed by atoms with Gasteiger partial charge in [-0.2, -0.15) is 5.10 Å². The molecule has 2 N–H and O–H groups in total. The van der Waals surface area contributed by atoms with Crippen LogP contribution >= 0.6 is 0 Å². The number of hydrogen-bond acceptors (Lipinski definition) is 4. The summed E-state index contributed by atoms with van der Waals surface area (Å²) in [4.78, 5) is 26.1. The van der Waals surface area contributed by atoms with Gasteiger partial charge in [0.25, 0.3) is 5.91 Å². The highest BCUT2D eigenvalue weighted by Gasteiger charge is 2.45. The van der Waals surface area contributed by atoms with Gasteiger partial charge >= 0.3 is 0 Å². The number of carbonyl (C=O) groups is 1. The smallest absolute Gasteiger partial charge is 0.271 e. The maximum atomic E-state index is 12.6. The van der Waals surface area contributed by atoms with Crippen LogP contribution < -0.4 is 0 Å². The molecule has 1 amide bonds. The summed E-state index contributed by atoms with van der Waals surface area (Å²) < 4.78 is 0. The van der Waals surface area contributed by atoms with Gasteiger partial charge in [-0.05, 0) is 24.7 Å². The van der Waals surface area contributed by atoms with Gasteiger partial charge in [0.2, 0.25) is 0 Å². The van der Waals surface area contributed by atoms with E-state index >= 15 is 0 Å². The number of rotatable bonds is 4. The number of nitrogens with zero attached hydrogens (tertiary/aromatic N) is 4. The molecule has 2 aliphatic rings. The average molecular weight is 314 g/mol. The Labute approximate surface area is 134 Å². The molecule has 1 saturated carbocycles. The number of amides is 1. The molecule has 7 nitrogen and oxygen atoms in total. The van der Waals surface area contributed by atoms with E-state index in [-0.39, 0.29) is 11.8 Å². The lowest BCUT2D eigenvalue weighted by molar-refractivity contribution is 0.0779. The van der Waals surface area contributed by atoms with E-state index in [1.807, 2.05) is 4.90 Å². The quantitative estimate of drug-likeness (QED) is 0.902. The van der Waals surface area contributed by atoms with Crippen molar-refractivity contribution >= 4 is 5.91 Å². The summed E-state index contributed by atoms with van der Waals surface area (Å²) in [5, 5.41) is 7.46. The summed E-state index contributed by atoms with van der Waals surface area (Å²) in [6, 6.07) is 0. The van der Waals surface area contributed by atoms with Gasteiger partial charge in [0, 0.05) is 24.9 Å². The second kappa shape index (κ2) is 5.47. The molecular weight excluding hydrogens is 292 g/mol. The van der Waals surface area contributed by atoms with E-state index in [0.717, 1.165) is 18.2 Å². The molecule has 4 rings (SSSR count). The molecule has 2 atom stereocenters. The fourth-order valence-corrected chi connectivity index (χ4v) is 3.54. The number of aromatic nitrogens is 5. The third-order valence-corrected chi connectivity index (χ3v) is 5.00. The second-order valence-corrected chi connectivity index (χ2v) is 7.02. The molecule has 0 spiro atoms. The normalized spacial score (nSPS) is 24.6. The first-order chi connectivity index (χ1) is 11.1. The first-order valence-electron chi connectivity index (χ1n) is 8.33. The predicted molar refractivity (Wildman–Crippen MR) is 83.9 cm³/mol. The second-order valence-electron chi connectivity index (χ2n) is 7.02. The van der Waals surface area contributed by atoms with E-state index in [2.05, 4.69) is 39.0 Å². The molecule has 2 fully saturated rings. The van der Waals surface area contributed by atoms with Crippen molar-refractivity contribution in [1.29, 1.82) is 0 Å². The van der Waals surface area contributed by atoms with Gasteiger partial charge in [0.15, 0.2) is 5.82 Å². The Kier molecular flexibility index (Phi) is 3.43. The standard InChI is InChI=1S/C16H22N6O/c1-9(2)14-19-15(21-20-14)12-7-22(6-11(12)10-3-4-10)16(23)13-5-17-8-18-13/h5,8-12H,3-4,6-7H2,1-2H3,(H,17,18)(H,19,20,21)/t11-,12+/m1/s1. The monoisotopic (exact) mass is 314 g/mol. The Bertz CT molecular complexity index is 687. The highest BCUT2D eigenvalue weighted by Crippen LogP contribution is 2.47. The Morgan fingerprint density at radius 3 is 2.78 bits per heavy atom. The van der Waals surface area contributed by atoms with E-state index < -0.39 is 0 Å². The van der Waals surface area contributed by atoms with Crippen molar-refractivity contribution in [3.8, 4) is 0 Å². The molecular formula is C16H22N6O. The molecule has 0 bridgehead atoms. The van der Waals surface area contributed by atoms with Gasteiger partial charge in [0.1, 0.15) is 11.5 Å². The topological polar surface area (TPSA) is 90.6 Å². The zero-order valence-corrected chi connectivity index (χ0v) is 13.5. The van der Waals surface area contributed by atoms with Crippen LogP contribution in [0.25, 0.3) is 0 Å². The van der Waals surface area contributed by atoms with Crippen molar-refractivity contribution in [2.24, 2.45) is 11.8 Å². The molecule has 7 heteroatoms. The van der Waals surface area contributed by atoms with Crippen molar-refractivity contribution in [3.05, 3.63) is 29.9 Å². The van der Waals surface area contributed by atoms with E-state index in [4.69, 9.17) is 0 Å². The minimum Gasteiger partial charge on any atom is -0.341 e. The number of likely N-dealkylation sites (tertiary alicyclic amines) is 1. The van der Waals surface area contributed by atoms with E-state index in [0.29, 0.717) is 30.0 Å². The lowest BCUT2D eigenvalue weighted by Crippen LogP contribution is -2.29. The molecule has 1 saturated heterocycles. The van der Waals surface area contributed by atoms with Crippen molar-refractivity contribution in [3.63, 3.8) is 0 Å². The van der Waals surface area contributed by atoms with E-state index in [9.17, 15) is 4.79 Å². The van der Waals surface area contributed by atoms with Crippen LogP contribution in [0.4, 0.5) is 0 Å². The number of carbonyl (C=O) groups excluding carboxylic acids is 1. The summed E-state index contributed by atoms with van der Waals surface area (Å²) in [5.74, 6) is 3.58. The summed E-state index contributed by atoms with van der Waals surface area (Å²) >= 11 is 0. The third-order valence-electron chi connectivity index (χ3n) is 5.00. The van der Waals surface area contributed by atoms with Gasteiger partial charge < -0.3 is 9.88 Å². The van der Waals surface area contributed by atoms with Crippen LogP contribution in [0.5, 0.6) is 0 Å². The van der Waals surface area contributed by atoms with Gasteiger partial charge in [-0.3, -0.25) is 9.89 Å². The van der Waals surface area contributed by atoms with Crippen LogP contribution in [0.2, 0.25) is 0 Å². The number of aromatic amines is 2. The molecule has 122 valence electrons. The Hall–Kier alpha value is -2.18. The minimum absolute atomic E-state index is 0.0271. The van der Waals surface area contributed by atoms with Crippen LogP contribution in [0.1, 0.15) is 60.7 Å². The summed E-state index contributed by atoms with van der Waals surface area (Å²) in [7, 11) is 0. The number of hydrogen-bond donors (Lipinski definition) is 2. The van der Waals surface area contributed by atoms with Crippen LogP contribution in [-0.4, -0.2) is 49.0 Å². The highest BCUT2D eigenvalue weighted by molar-refractivity contribution is 5.92. The molecule has 2 aromatic rings. The molecule has 0 aromatic carbocycles. The number of imidazole rings is 1. The lowest BCUT2D eigenvalue weighted by Gasteiger charge is -2.14. The fraction of sp³-hybridized carbons (Fsp3) is 0.625. The Morgan fingerprint density at radius 2 is 2.17 bits per heavy atom. The Morgan fingerprint density at radius 1 is 1.35 bits per heavy atom. The molecule has 0 radical (unpaired) electrons. The minimum atomic E-state index is 0.0271. The SMILES string of the molecule is CC(C)c1n[nH]c([C@H]2CN(C(=O)c3cnc[nH]3)C[C@@H]2C2CC2)n1. The summed E-state index contributed by atoms with van der Waals surface area (Å²) in [6.45, 7) is 5.68. The number of nitrogens with one attached hydrogen (secondary N) is 2. The highest BCUT2D eigenvalue weighted by atomic mass is 16.2. The summed E-state index contributed by atoms with van der Waals surface area (Å²) in [6.07, 6.45) is 5.66. The molecule has 1 aliphatic carbocycles. The van der Waals surface area contributed by atoms with Crippen molar-refractivity contribution in [2.75, 3.05) is 13.1 Å². The van der Waals surface area contributed by atoms with Gasteiger partial charge in [0.05, 0.1) is 12.5 Å². The third kappa shape index (κ3) is 2.64. The molecule has 0 unspecified atom stereocenters. The van der Waals surface area contributed by atoms with Crippen molar-refractivity contribution in [1.82, 2.24) is 30.0 Å². The zero-order chi connectivity index (χ0) is 16.0. The van der Waals surface area contributed by atoms with E-state index in [1.165, 1.54) is 12.8 Å². The van der Waals surface area contributed by atoms with Crippen molar-refractivity contribution < 1.29 is 4.79 Å². The van der Waals surface area contributed by atoms with Crippen LogP contribution in [-0.2, 0) is 0 Å². The maximum absolute atomic E-state index is 12.6. The summed E-state index contributed by atoms with van der Waals surface area (Å²) in [5.41, 5.74) is 0.556. The maximum Gasteiger partial charge on any atom is 0.271 e. The largest absolute Gasteiger partial charge is 0.341 e. The van der Waals surface area contributed by atoms with Crippen LogP contribution in [0.15, 0.2) is 12.5 Å². The van der Waals surface area contributed by atoms with Gasteiger partial charge in [-0.15, -0.1) is 0 Å².